The largest absolute Gasteiger partial charge is 0.355 e. The number of aryl methyl sites for hydroxylation is 1. The van der Waals surface area contributed by atoms with E-state index >= 15 is 0 Å². The number of halogens is 1. The average molecular weight is 441 g/mol. The first kappa shape index (κ1) is 22.1. The lowest BCUT2D eigenvalue weighted by molar-refractivity contribution is 0.0938. The van der Waals surface area contributed by atoms with Gasteiger partial charge in [0.25, 0.3) is 21.8 Å². The van der Waals surface area contributed by atoms with Gasteiger partial charge in [0, 0.05) is 12.6 Å². The van der Waals surface area contributed by atoms with Crippen molar-refractivity contribution in [3.63, 3.8) is 0 Å². The smallest absolute Gasteiger partial charge is 0.269 e. The Kier molecular flexibility index (Phi) is 6.47. The summed E-state index contributed by atoms with van der Waals surface area (Å²) in [5.74, 6) is -2.17. The molecule has 0 unspecified atom stereocenters. The van der Waals surface area contributed by atoms with Crippen LogP contribution in [-0.4, -0.2) is 27.3 Å². The SMILES string of the molecule is CNC(=O)c1cccc(S(=O)(=O)NNC(=O)c2cc(-c3ccccc3)cc(C)c2F)c1. The lowest BCUT2D eigenvalue weighted by Crippen LogP contribution is -2.42. The summed E-state index contributed by atoms with van der Waals surface area (Å²) in [6.07, 6.45) is 0. The van der Waals surface area contributed by atoms with E-state index in [4.69, 9.17) is 0 Å². The zero-order valence-electron chi connectivity index (χ0n) is 16.8. The molecule has 0 heterocycles. The quantitative estimate of drug-likeness (QED) is 0.512. The first-order chi connectivity index (χ1) is 14.7. The molecule has 0 saturated heterocycles. The van der Waals surface area contributed by atoms with Crippen molar-refractivity contribution >= 4 is 21.8 Å². The van der Waals surface area contributed by atoms with Gasteiger partial charge < -0.3 is 5.32 Å². The first-order valence-corrected chi connectivity index (χ1v) is 10.7. The molecule has 2 amide bonds. The van der Waals surface area contributed by atoms with Crippen LogP contribution in [0.4, 0.5) is 4.39 Å². The van der Waals surface area contributed by atoms with Crippen LogP contribution in [0.2, 0.25) is 0 Å². The van der Waals surface area contributed by atoms with Crippen molar-refractivity contribution in [3.8, 4) is 11.1 Å². The molecule has 0 bridgehead atoms. The maximum atomic E-state index is 14.6. The number of nitrogens with one attached hydrogen (secondary N) is 3. The van der Waals surface area contributed by atoms with Gasteiger partial charge in [-0.1, -0.05) is 36.4 Å². The molecule has 0 spiro atoms. The number of amides is 2. The fraction of sp³-hybridized carbons (Fsp3) is 0.0909. The predicted octanol–water partition coefficient (Wildman–Crippen LogP) is 2.78. The van der Waals surface area contributed by atoms with Gasteiger partial charge in [-0.2, -0.15) is 0 Å². The van der Waals surface area contributed by atoms with Crippen LogP contribution in [0.15, 0.2) is 71.6 Å². The maximum absolute atomic E-state index is 14.6. The Balaban J connectivity index is 1.84. The van der Waals surface area contributed by atoms with Crippen molar-refractivity contribution in [3.05, 3.63) is 89.2 Å². The predicted molar refractivity (Wildman–Crippen MR) is 114 cm³/mol. The molecule has 31 heavy (non-hydrogen) atoms. The van der Waals surface area contributed by atoms with Gasteiger partial charge in [0.15, 0.2) is 0 Å². The molecular weight excluding hydrogens is 421 g/mol. The third-order valence-corrected chi connectivity index (χ3v) is 5.78. The Morgan fingerprint density at radius 1 is 0.871 bits per heavy atom. The van der Waals surface area contributed by atoms with Crippen molar-refractivity contribution in [1.82, 2.24) is 15.6 Å². The van der Waals surface area contributed by atoms with Crippen molar-refractivity contribution in [2.75, 3.05) is 7.05 Å². The first-order valence-electron chi connectivity index (χ1n) is 9.23. The minimum Gasteiger partial charge on any atom is -0.355 e. The van der Waals surface area contributed by atoms with Gasteiger partial charge in [-0.05, 0) is 53.9 Å². The number of carbonyl (C=O) groups excluding carboxylic acids is 2. The van der Waals surface area contributed by atoms with Crippen molar-refractivity contribution < 1.29 is 22.4 Å². The summed E-state index contributed by atoms with van der Waals surface area (Å²) in [7, 11) is -2.78. The Morgan fingerprint density at radius 3 is 2.26 bits per heavy atom. The highest BCUT2D eigenvalue weighted by Crippen LogP contribution is 2.24. The van der Waals surface area contributed by atoms with Crippen LogP contribution in [0.25, 0.3) is 11.1 Å². The van der Waals surface area contributed by atoms with Gasteiger partial charge in [0.2, 0.25) is 0 Å². The van der Waals surface area contributed by atoms with Gasteiger partial charge >= 0.3 is 0 Å². The van der Waals surface area contributed by atoms with Crippen molar-refractivity contribution in [2.24, 2.45) is 0 Å². The van der Waals surface area contributed by atoms with Gasteiger partial charge in [-0.25, -0.2) is 12.8 Å². The lowest BCUT2D eigenvalue weighted by atomic mass is 9.99. The van der Waals surface area contributed by atoms with Crippen LogP contribution in [0.5, 0.6) is 0 Å². The van der Waals surface area contributed by atoms with Gasteiger partial charge in [-0.3, -0.25) is 15.0 Å². The number of hydrazine groups is 1. The second-order valence-corrected chi connectivity index (χ2v) is 8.37. The summed E-state index contributed by atoms with van der Waals surface area (Å²) in [5.41, 5.74) is 3.50. The Hall–Kier alpha value is -3.56. The summed E-state index contributed by atoms with van der Waals surface area (Å²) in [6.45, 7) is 1.52. The highest BCUT2D eigenvalue weighted by molar-refractivity contribution is 7.89. The van der Waals surface area contributed by atoms with E-state index in [-0.39, 0.29) is 21.6 Å². The van der Waals surface area contributed by atoms with E-state index < -0.39 is 27.7 Å². The Morgan fingerprint density at radius 2 is 1.58 bits per heavy atom. The van der Waals surface area contributed by atoms with Crippen LogP contribution in [-0.2, 0) is 10.0 Å². The lowest BCUT2D eigenvalue weighted by Gasteiger charge is -2.12. The number of sulfonamides is 1. The summed E-state index contributed by atoms with van der Waals surface area (Å²) in [4.78, 5) is 26.0. The molecule has 0 aliphatic carbocycles. The van der Waals surface area contributed by atoms with Crippen LogP contribution in [0.3, 0.4) is 0 Å². The summed E-state index contributed by atoms with van der Waals surface area (Å²) in [5, 5.41) is 2.40. The molecule has 9 heteroatoms. The number of hydrogen-bond donors (Lipinski definition) is 3. The van der Waals surface area contributed by atoms with Crippen LogP contribution >= 0.6 is 0 Å². The van der Waals surface area contributed by atoms with Crippen LogP contribution in [0, 0.1) is 12.7 Å². The fourth-order valence-electron chi connectivity index (χ4n) is 2.92. The summed E-state index contributed by atoms with van der Waals surface area (Å²) < 4.78 is 39.6. The summed E-state index contributed by atoms with van der Waals surface area (Å²) >= 11 is 0. The zero-order chi connectivity index (χ0) is 22.6. The third-order valence-electron chi connectivity index (χ3n) is 4.54. The molecular formula is C22H20FN3O4S. The monoisotopic (exact) mass is 441 g/mol. The maximum Gasteiger partial charge on any atom is 0.269 e. The normalized spacial score (nSPS) is 11.1. The molecule has 0 aliphatic rings. The van der Waals surface area contributed by atoms with Crippen LogP contribution < -0.4 is 15.6 Å². The van der Waals surface area contributed by atoms with Crippen molar-refractivity contribution in [1.29, 1.82) is 0 Å². The van der Waals surface area contributed by atoms with E-state index in [9.17, 15) is 22.4 Å². The molecule has 3 aromatic carbocycles. The summed E-state index contributed by atoms with van der Waals surface area (Å²) in [6, 6.07) is 17.3. The average Bonchev–Trinajstić information content (AvgIpc) is 2.79. The van der Waals surface area contributed by atoms with Crippen LogP contribution in [0.1, 0.15) is 26.3 Å². The number of rotatable bonds is 6. The Labute approximate surface area is 179 Å². The van der Waals surface area contributed by atoms with E-state index in [1.165, 1.54) is 38.2 Å². The molecule has 0 saturated carbocycles. The van der Waals surface area contributed by atoms with E-state index in [0.717, 1.165) is 11.6 Å². The number of benzene rings is 3. The fourth-order valence-corrected chi connectivity index (χ4v) is 3.81. The van der Waals surface area contributed by atoms with E-state index in [1.54, 1.807) is 6.07 Å². The molecule has 3 rings (SSSR count). The molecule has 3 N–H and O–H groups in total. The molecule has 0 fully saturated rings. The minimum absolute atomic E-state index is 0.133. The molecule has 3 aromatic rings. The number of carbonyl (C=O) groups is 2. The molecule has 7 nitrogen and oxygen atoms in total. The highest BCUT2D eigenvalue weighted by atomic mass is 32.2. The second kappa shape index (κ2) is 9.07. The molecule has 0 aliphatic heterocycles. The van der Waals surface area contributed by atoms with E-state index in [1.807, 2.05) is 40.6 Å². The standard InChI is InChI=1S/C22H20FN3O4S/c1-14-11-17(15-7-4-3-5-8-15)13-19(20(14)23)22(28)25-26-31(29,30)18-10-6-9-16(12-18)21(27)24-2/h3-13,26H,1-2H3,(H,24,27)(H,25,28). The zero-order valence-corrected chi connectivity index (χ0v) is 17.6. The molecule has 0 atom stereocenters. The Bertz CT molecular complexity index is 1240. The van der Waals surface area contributed by atoms with Gasteiger partial charge in [-0.15, -0.1) is 4.83 Å². The van der Waals surface area contributed by atoms with Crippen molar-refractivity contribution in [2.45, 2.75) is 11.8 Å². The third kappa shape index (κ3) is 4.96. The minimum atomic E-state index is -4.20. The van der Waals surface area contributed by atoms with E-state index in [0.29, 0.717) is 5.56 Å². The second-order valence-electron chi connectivity index (χ2n) is 6.69. The van der Waals surface area contributed by atoms with E-state index in [2.05, 4.69) is 5.32 Å². The number of hydrogen-bond acceptors (Lipinski definition) is 4. The topological polar surface area (TPSA) is 104 Å². The highest BCUT2D eigenvalue weighted by Gasteiger charge is 2.20. The van der Waals surface area contributed by atoms with Gasteiger partial charge in [0.05, 0.1) is 10.5 Å². The molecule has 0 radical (unpaired) electrons. The molecule has 160 valence electrons. The van der Waals surface area contributed by atoms with Gasteiger partial charge in [0.1, 0.15) is 5.82 Å². The molecule has 0 aromatic heterocycles.